The first-order valence-corrected chi connectivity index (χ1v) is 9.38. The molecular formula is C21H21N9. The van der Waals surface area contributed by atoms with Gasteiger partial charge in [-0.1, -0.05) is 18.2 Å². The van der Waals surface area contributed by atoms with Gasteiger partial charge >= 0.3 is 0 Å². The number of hydrogen-bond acceptors (Lipinski definition) is 6. The summed E-state index contributed by atoms with van der Waals surface area (Å²) in [5, 5.41) is 26.2. The third kappa shape index (κ3) is 4.00. The molecule has 0 bridgehead atoms. The summed E-state index contributed by atoms with van der Waals surface area (Å²) in [6.45, 7) is 0.934. The zero-order chi connectivity index (χ0) is 20.9. The highest BCUT2D eigenvalue weighted by Crippen LogP contribution is 2.00. The quantitative estimate of drug-likeness (QED) is 0.445. The minimum Gasteiger partial charge on any atom is -0.278 e. The van der Waals surface area contributed by atoms with E-state index in [2.05, 4.69) is 15.0 Å². The largest absolute Gasteiger partial charge is 0.278 e. The van der Waals surface area contributed by atoms with Crippen LogP contribution in [0.2, 0.25) is 0 Å². The highest BCUT2D eigenvalue weighted by atomic mass is 15.3. The van der Waals surface area contributed by atoms with Crippen LogP contribution in [-0.4, -0.2) is 28.7 Å². The average Bonchev–Trinajstić information content (AvgIpc) is 2.79. The van der Waals surface area contributed by atoms with E-state index in [9.17, 15) is 0 Å². The second kappa shape index (κ2) is 8.48. The predicted molar refractivity (Wildman–Crippen MR) is 108 cm³/mol. The van der Waals surface area contributed by atoms with E-state index in [1.165, 1.54) is 0 Å². The van der Waals surface area contributed by atoms with Crippen molar-refractivity contribution in [2.24, 2.45) is 0 Å². The summed E-state index contributed by atoms with van der Waals surface area (Å²) >= 11 is 0. The third-order valence-electron chi connectivity index (χ3n) is 4.72. The zero-order valence-electron chi connectivity index (χ0n) is 16.2. The number of rotatable bonds is 6. The predicted octanol–water partition coefficient (Wildman–Crippen LogP) is 0.859. The Morgan fingerprint density at radius 2 is 0.833 bits per heavy atom. The van der Waals surface area contributed by atoms with Crippen molar-refractivity contribution >= 4 is 0 Å². The molecule has 0 spiro atoms. The number of nitrogens with one attached hydrogen (secondary N) is 3. The summed E-state index contributed by atoms with van der Waals surface area (Å²) in [6.07, 6.45) is 10.2. The normalized spacial score (nSPS) is 10.8. The second-order valence-electron chi connectivity index (χ2n) is 6.81. The molecule has 30 heavy (non-hydrogen) atoms. The monoisotopic (exact) mass is 399 g/mol. The summed E-state index contributed by atoms with van der Waals surface area (Å²) in [4.78, 5) is 12.4. The lowest BCUT2D eigenvalue weighted by atomic mass is 10.2. The Labute approximate surface area is 172 Å². The van der Waals surface area contributed by atoms with E-state index >= 15 is 0 Å². The van der Waals surface area contributed by atoms with Gasteiger partial charge in [-0.25, -0.2) is 0 Å². The van der Waals surface area contributed by atoms with Gasteiger partial charge in [-0.2, -0.15) is 0 Å². The van der Waals surface area contributed by atoms with Crippen LogP contribution in [0.4, 0.5) is 0 Å². The van der Waals surface area contributed by atoms with Crippen molar-refractivity contribution in [2.45, 2.75) is 19.6 Å². The van der Waals surface area contributed by atoms with Crippen LogP contribution in [0.1, 0.15) is 16.7 Å². The molecule has 0 aliphatic carbocycles. The van der Waals surface area contributed by atoms with Gasteiger partial charge in [0.25, 0.3) is 0 Å². The molecular weight excluding hydrogens is 378 g/mol. The molecule has 9 heteroatoms. The molecule has 0 saturated heterocycles. The molecule has 0 aromatic carbocycles. The molecule has 0 atom stereocenters. The van der Waals surface area contributed by atoms with E-state index in [0.29, 0.717) is 19.6 Å². The molecule has 0 fully saturated rings. The summed E-state index contributed by atoms with van der Waals surface area (Å²) in [7, 11) is 0. The molecule has 4 aromatic rings. The lowest BCUT2D eigenvalue weighted by molar-refractivity contribution is 0.444. The first kappa shape index (κ1) is 19.2. The number of pyridine rings is 3. The standard InChI is InChI=1S/C21H21N9/c22-19-28(13-16-4-1-7-25-10-16)20(23)30(15-18-6-3-9-27-12-18)21(24)29(19)14-17-5-2-8-26-11-17/h1-12,22-24H,13-15H2. The Kier molecular flexibility index (Phi) is 5.42. The van der Waals surface area contributed by atoms with Crippen LogP contribution in [0.15, 0.2) is 73.6 Å². The molecule has 4 aromatic heterocycles. The molecule has 3 N–H and O–H groups in total. The fraction of sp³-hybridized carbons (Fsp3) is 0.143. The molecule has 0 unspecified atom stereocenters. The lowest BCUT2D eigenvalue weighted by Crippen LogP contribution is -2.55. The highest BCUT2D eigenvalue weighted by Gasteiger charge is 2.11. The third-order valence-corrected chi connectivity index (χ3v) is 4.72. The first-order chi connectivity index (χ1) is 14.6. The zero-order valence-corrected chi connectivity index (χ0v) is 16.2. The van der Waals surface area contributed by atoms with Gasteiger partial charge in [-0.15, -0.1) is 0 Å². The topological polar surface area (TPSA) is 125 Å². The van der Waals surface area contributed by atoms with Crippen LogP contribution in [0.25, 0.3) is 0 Å². The fourth-order valence-electron chi connectivity index (χ4n) is 3.21. The fourth-order valence-corrected chi connectivity index (χ4v) is 3.21. The lowest BCUT2D eigenvalue weighted by Gasteiger charge is -2.18. The molecule has 0 amide bonds. The van der Waals surface area contributed by atoms with E-state index in [-0.39, 0.29) is 16.9 Å². The van der Waals surface area contributed by atoms with Crippen molar-refractivity contribution < 1.29 is 0 Å². The summed E-state index contributed by atoms with van der Waals surface area (Å²) < 4.78 is 4.71. The van der Waals surface area contributed by atoms with E-state index in [1.807, 2.05) is 36.4 Å². The van der Waals surface area contributed by atoms with Gasteiger partial charge in [-0.3, -0.25) is 44.9 Å². The second-order valence-corrected chi connectivity index (χ2v) is 6.81. The Balaban J connectivity index is 1.87. The molecule has 0 aliphatic heterocycles. The number of hydrogen-bond donors (Lipinski definition) is 3. The van der Waals surface area contributed by atoms with Crippen LogP contribution in [0, 0.1) is 16.2 Å². The minimum atomic E-state index is 0.0696. The highest BCUT2D eigenvalue weighted by molar-refractivity contribution is 5.11. The molecule has 4 heterocycles. The van der Waals surface area contributed by atoms with Gasteiger partial charge in [-0.05, 0) is 34.9 Å². The summed E-state index contributed by atoms with van der Waals surface area (Å²) in [6, 6.07) is 11.2. The van der Waals surface area contributed by atoms with Gasteiger partial charge in [0, 0.05) is 37.2 Å². The van der Waals surface area contributed by atoms with Crippen LogP contribution < -0.4 is 16.9 Å². The van der Waals surface area contributed by atoms with Gasteiger partial charge in [0.1, 0.15) is 0 Å². The van der Waals surface area contributed by atoms with Crippen LogP contribution in [0.5, 0.6) is 0 Å². The maximum Gasteiger partial charge on any atom is 0.208 e. The summed E-state index contributed by atoms with van der Waals surface area (Å²) in [5.74, 6) is 0. The maximum atomic E-state index is 8.72. The van der Waals surface area contributed by atoms with Gasteiger partial charge in [0.15, 0.2) is 0 Å². The number of aromatic nitrogens is 6. The van der Waals surface area contributed by atoms with E-state index in [1.54, 1.807) is 50.9 Å². The van der Waals surface area contributed by atoms with Crippen LogP contribution >= 0.6 is 0 Å². The minimum absolute atomic E-state index is 0.0696. The van der Waals surface area contributed by atoms with Gasteiger partial charge in [0.05, 0.1) is 19.6 Å². The van der Waals surface area contributed by atoms with Crippen molar-refractivity contribution in [1.29, 1.82) is 16.2 Å². The van der Waals surface area contributed by atoms with Crippen molar-refractivity contribution in [3.8, 4) is 0 Å². The van der Waals surface area contributed by atoms with Crippen molar-refractivity contribution in [3.05, 3.63) is 107 Å². The first-order valence-electron chi connectivity index (χ1n) is 9.38. The van der Waals surface area contributed by atoms with Gasteiger partial charge in [0.2, 0.25) is 16.9 Å². The molecule has 9 nitrogen and oxygen atoms in total. The van der Waals surface area contributed by atoms with Crippen molar-refractivity contribution in [3.63, 3.8) is 0 Å². The van der Waals surface area contributed by atoms with E-state index < -0.39 is 0 Å². The van der Waals surface area contributed by atoms with Crippen LogP contribution in [-0.2, 0) is 19.6 Å². The Hall–Kier alpha value is -4.14. The molecule has 0 radical (unpaired) electrons. The maximum absolute atomic E-state index is 8.72. The summed E-state index contributed by atoms with van der Waals surface area (Å²) in [5.41, 5.74) is 2.84. The Morgan fingerprint density at radius 1 is 0.533 bits per heavy atom. The smallest absolute Gasteiger partial charge is 0.208 e. The number of nitrogens with zero attached hydrogens (tertiary/aromatic N) is 6. The Morgan fingerprint density at radius 3 is 1.07 bits per heavy atom. The Bertz CT molecular complexity index is 1110. The molecule has 0 saturated carbocycles. The van der Waals surface area contributed by atoms with Crippen molar-refractivity contribution in [1.82, 2.24) is 28.7 Å². The SMILES string of the molecule is N=c1n(Cc2cccnc2)c(=N)n(Cc2cccnc2)c(=N)n1Cc1cccnc1. The van der Waals surface area contributed by atoms with Crippen molar-refractivity contribution in [2.75, 3.05) is 0 Å². The van der Waals surface area contributed by atoms with Crippen LogP contribution in [0.3, 0.4) is 0 Å². The van der Waals surface area contributed by atoms with E-state index in [4.69, 9.17) is 16.2 Å². The molecule has 0 aliphatic rings. The average molecular weight is 399 g/mol. The molecule has 4 rings (SSSR count). The van der Waals surface area contributed by atoms with E-state index in [0.717, 1.165) is 16.7 Å². The molecule has 150 valence electrons. The van der Waals surface area contributed by atoms with Gasteiger partial charge < -0.3 is 0 Å².